The number of hydrogen-bond donors (Lipinski definition) is 1. The second-order valence-corrected chi connectivity index (χ2v) is 3.89. The van der Waals surface area contributed by atoms with Gasteiger partial charge in [-0.1, -0.05) is 0 Å². The van der Waals surface area contributed by atoms with Gasteiger partial charge in [0.25, 0.3) is 0 Å². The molecule has 0 rings (SSSR count). The summed E-state index contributed by atoms with van der Waals surface area (Å²) in [5.74, 6) is -0.449. The maximum Gasteiger partial charge on any atom is 0.507 e. The minimum atomic E-state index is -2.26. The third-order valence-corrected chi connectivity index (χ3v) is 2.92. The van der Waals surface area contributed by atoms with Crippen LogP contribution in [0.3, 0.4) is 0 Å². The van der Waals surface area contributed by atoms with Crippen LogP contribution in [0.25, 0.3) is 0 Å². The minimum absolute atomic E-state index is 0.0385. The van der Waals surface area contributed by atoms with E-state index in [2.05, 4.69) is 4.74 Å². The molecule has 64 valence electrons. The first kappa shape index (κ1) is 10.9. The molecule has 0 bridgehead atoms. The summed E-state index contributed by atoms with van der Waals surface area (Å²) in [5.41, 5.74) is 0. The van der Waals surface area contributed by atoms with Gasteiger partial charge in [0.05, 0.1) is 7.11 Å². The Balaban J connectivity index is 3.94. The van der Waals surface area contributed by atoms with Gasteiger partial charge in [0.2, 0.25) is 0 Å². The van der Waals surface area contributed by atoms with Crippen molar-refractivity contribution in [3.05, 3.63) is 0 Å². The number of thioether (sulfide) groups is 1. The number of carbonyl (C=O) groups excluding carboxylic acids is 1. The van der Waals surface area contributed by atoms with E-state index < -0.39 is 19.2 Å². The zero-order chi connectivity index (χ0) is 8.85. The molecule has 0 aromatic rings. The SMILES string of the molecule is COC(=O)C(C[P+](=O)O)SC. The summed E-state index contributed by atoms with van der Waals surface area (Å²) in [6.07, 6.45) is 1.66. The topological polar surface area (TPSA) is 63.6 Å². The molecular formula is C5H10O4PS+. The van der Waals surface area contributed by atoms with E-state index >= 15 is 0 Å². The maximum atomic E-state index is 10.8. The second kappa shape index (κ2) is 5.52. The van der Waals surface area contributed by atoms with Crippen LogP contribution < -0.4 is 0 Å². The Morgan fingerprint density at radius 3 is 2.64 bits per heavy atom. The Bertz CT molecular complexity index is 161. The van der Waals surface area contributed by atoms with Gasteiger partial charge in [-0.3, -0.25) is 4.79 Å². The predicted octanol–water partition coefficient (Wildman–Crippen LogP) is 0.626. The molecule has 6 heteroatoms. The van der Waals surface area contributed by atoms with Crippen molar-refractivity contribution in [1.29, 1.82) is 0 Å². The van der Waals surface area contributed by atoms with Crippen LogP contribution in [-0.4, -0.2) is 35.6 Å². The Morgan fingerprint density at radius 1 is 1.82 bits per heavy atom. The van der Waals surface area contributed by atoms with Gasteiger partial charge in [-0.25, -0.2) is 0 Å². The van der Waals surface area contributed by atoms with E-state index in [0.717, 1.165) is 0 Å². The van der Waals surface area contributed by atoms with Gasteiger partial charge in [0, 0.05) is 0 Å². The van der Waals surface area contributed by atoms with E-state index in [9.17, 15) is 9.36 Å². The number of rotatable bonds is 4. The lowest BCUT2D eigenvalue weighted by Gasteiger charge is -2.03. The van der Waals surface area contributed by atoms with Crippen LogP contribution in [0.4, 0.5) is 0 Å². The van der Waals surface area contributed by atoms with E-state index in [1.807, 2.05) is 0 Å². The average Bonchev–Trinajstić information content (AvgIpc) is 1.98. The molecule has 0 saturated carbocycles. The number of hydrogen-bond acceptors (Lipinski definition) is 4. The van der Waals surface area contributed by atoms with Crippen LogP contribution in [0.5, 0.6) is 0 Å². The fraction of sp³-hybridized carbons (Fsp3) is 0.800. The normalized spacial score (nSPS) is 13.9. The van der Waals surface area contributed by atoms with Crippen LogP contribution in [0, 0.1) is 0 Å². The van der Waals surface area contributed by atoms with E-state index in [1.54, 1.807) is 6.26 Å². The summed E-state index contributed by atoms with van der Waals surface area (Å²) in [5, 5.41) is -0.520. The predicted molar refractivity (Wildman–Crippen MR) is 44.0 cm³/mol. The first-order chi connectivity index (χ1) is 5.11. The standard InChI is InChI=1S/C5H9O4PS/c1-9-5(6)4(11-2)3-10(7)8/h4H,3H2,1-2H3/p+1. The lowest BCUT2D eigenvalue weighted by atomic mass is 10.5. The van der Waals surface area contributed by atoms with Crippen LogP contribution in [0.2, 0.25) is 0 Å². The van der Waals surface area contributed by atoms with Crippen molar-refractivity contribution in [3.63, 3.8) is 0 Å². The summed E-state index contributed by atoms with van der Waals surface area (Å²) in [4.78, 5) is 19.3. The van der Waals surface area contributed by atoms with Crippen molar-refractivity contribution in [2.75, 3.05) is 19.5 Å². The van der Waals surface area contributed by atoms with Gasteiger partial charge >= 0.3 is 14.0 Å². The van der Waals surface area contributed by atoms with Crippen LogP contribution in [0.15, 0.2) is 0 Å². The molecule has 1 N–H and O–H groups in total. The molecule has 0 amide bonds. The summed E-state index contributed by atoms with van der Waals surface area (Å²) in [6, 6.07) is 0. The molecule has 2 unspecified atom stereocenters. The molecule has 0 aliphatic heterocycles. The van der Waals surface area contributed by atoms with Crippen molar-refractivity contribution < 1.29 is 19.0 Å². The Labute approximate surface area is 70.2 Å². The van der Waals surface area contributed by atoms with Gasteiger partial charge in [0.1, 0.15) is 5.25 Å². The van der Waals surface area contributed by atoms with Gasteiger partial charge in [0.15, 0.2) is 6.16 Å². The molecule has 0 heterocycles. The highest BCUT2D eigenvalue weighted by molar-refractivity contribution is 8.00. The molecule has 0 fully saturated rings. The van der Waals surface area contributed by atoms with Crippen molar-refractivity contribution in [2.45, 2.75) is 5.25 Å². The molecule has 4 nitrogen and oxygen atoms in total. The molecular weight excluding hydrogens is 187 g/mol. The quantitative estimate of drug-likeness (QED) is 0.529. The van der Waals surface area contributed by atoms with Crippen LogP contribution in [0.1, 0.15) is 0 Å². The zero-order valence-electron chi connectivity index (χ0n) is 6.31. The van der Waals surface area contributed by atoms with E-state index in [-0.39, 0.29) is 6.16 Å². The monoisotopic (exact) mass is 197 g/mol. The van der Waals surface area contributed by atoms with Gasteiger partial charge in [-0.15, -0.1) is 11.8 Å². The lowest BCUT2D eigenvalue weighted by molar-refractivity contribution is -0.139. The van der Waals surface area contributed by atoms with Gasteiger partial charge < -0.3 is 4.74 Å². The maximum absolute atomic E-state index is 10.8. The number of ether oxygens (including phenoxy) is 1. The highest BCUT2D eigenvalue weighted by atomic mass is 32.2. The van der Waals surface area contributed by atoms with Crippen molar-refractivity contribution in [1.82, 2.24) is 0 Å². The molecule has 0 aliphatic rings. The summed E-state index contributed by atoms with van der Waals surface area (Å²) >= 11 is 1.21. The molecule has 0 aromatic heterocycles. The van der Waals surface area contributed by atoms with Gasteiger partial charge in [-0.05, 0) is 10.8 Å². The first-order valence-corrected chi connectivity index (χ1v) is 5.54. The lowest BCUT2D eigenvalue weighted by Crippen LogP contribution is -2.20. The van der Waals surface area contributed by atoms with Gasteiger partial charge in [-0.2, -0.15) is 4.89 Å². The second-order valence-electron chi connectivity index (χ2n) is 1.78. The van der Waals surface area contributed by atoms with Crippen LogP contribution in [-0.2, 0) is 14.1 Å². The Kier molecular flexibility index (Phi) is 5.46. The molecule has 0 saturated heterocycles. The Hall–Kier alpha value is -0.120. The number of esters is 1. The summed E-state index contributed by atoms with van der Waals surface area (Å²) in [6.45, 7) is 0. The Morgan fingerprint density at radius 2 is 2.36 bits per heavy atom. The molecule has 0 aliphatic carbocycles. The third-order valence-electron chi connectivity index (χ3n) is 1.07. The summed E-state index contributed by atoms with van der Waals surface area (Å²) < 4.78 is 14.7. The summed E-state index contributed by atoms with van der Waals surface area (Å²) in [7, 11) is -0.996. The highest BCUT2D eigenvalue weighted by Crippen LogP contribution is 2.21. The molecule has 11 heavy (non-hydrogen) atoms. The molecule has 0 aromatic carbocycles. The van der Waals surface area contributed by atoms with Crippen molar-refractivity contribution >= 4 is 25.8 Å². The van der Waals surface area contributed by atoms with Crippen molar-refractivity contribution in [3.8, 4) is 0 Å². The fourth-order valence-corrected chi connectivity index (χ4v) is 2.22. The largest absolute Gasteiger partial charge is 0.507 e. The molecule has 2 atom stereocenters. The number of methoxy groups -OCH3 is 1. The number of carbonyl (C=O) groups is 1. The fourth-order valence-electron chi connectivity index (χ4n) is 0.519. The van der Waals surface area contributed by atoms with Crippen molar-refractivity contribution in [2.24, 2.45) is 0 Å². The zero-order valence-corrected chi connectivity index (χ0v) is 8.02. The van der Waals surface area contributed by atoms with E-state index in [1.165, 1.54) is 18.9 Å². The average molecular weight is 197 g/mol. The first-order valence-electron chi connectivity index (χ1n) is 2.86. The highest BCUT2D eigenvalue weighted by Gasteiger charge is 2.27. The molecule has 0 spiro atoms. The minimum Gasteiger partial charge on any atom is -0.468 e. The third kappa shape index (κ3) is 4.35. The van der Waals surface area contributed by atoms with E-state index in [0.29, 0.717) is 0 Å². The smallest absolute Gasteiger partial charge is 0.468 e. The van der Waals surface area contributed by atoms with E-state index in [4.69, 9.17) is 4.89 Å². The van der Waals surface area contributed by atoms with Crippen LogP contribution >= 0.6 is 19.8 Å². The molecule has 0 radical (unpaired) electrons.